The maximum atomic E-state index is 11.9. The number of rotatable bonds is 8. The quantitative estimate of drug-likeness (QED) is 0.767. The number of hydrogen-bond acceptors (Lipinski definition) is 6. The molecule has 2 N–H and O–H groups in total. The highest BCUT2D eigenvalue weighted by molar-refractivity contribution is 7.20. The van der Waals surface area contributed by atoms with Crippen LogP contribution in [0.4, 0.5) is 0 Å². The predicted molar refractivity (Wildman–Crippen MR) is 85.2 cm³/mol. The van der Waals surface area contributed by atoms with Gasteiger partial charge in [-0.15, -0.1) is 22.7 Å². The Morgan fingerprint density at radius 1 is 1.45 bits per heavy atom. The van der Waals surface area contributed by atoms with Crippen LogP contribution in [0.15, 0.2) is 22.9 Å². The number of methoxy groups -OCH3 is 1. The summed E-state index contributed by atoms with van der Waals surface area (Å²) in [4.78, 5) is 28.5. The predicted octanol–water partition coefficient (Wildman–Crippen LogP) is 2.02. The number of carbonyl (C=O) groups is 2. The van der Waals surface area contributed by atoms with Crippen LogP contribution in [0.2, 0.25) is 0 Å². The molecule has 0 bridgehead atoms. The zero-order chi connectivity index (χ0) is 15.9. The monoisotopic (exact) mass is 340 g/mol. The molecule has 0 aromatic carbocycles. The van der Waals surface area contributed by atoms with Crippen LogP contribution in [-0.2, 0) is 20.7 Å². The van der Waals surface area contributed by atoms with Crippen LogP contribution in [0.3, 0.4) is 0 Å². The molecule has 22 heavy (non-hydrogen) atoms. The molecule has 2 rings (SSSR count). The fraction of sp³-hybridized carbons (Fsp3) is 0.357. The van der Waals surface area contributed by atoms with E-state index in [0.29, 0.717) is 5.69 Å². The maximum absolute atomic E-state index is 11.9. The van der Waals surface area contributed by atoms with Gasteiger partial charge in [0.25, 0.3) is 0 Å². The first-order chi connectivity index (χ1) is 10.6. The van der Waals surface area contributed by atoms with Gasteiger partial charge in [0.1, 0.15) is 11.0 Å². The number of thiazole rings is 1. The lowest BCUT2D eigenvalue weighted by Gasteiger charge is -2.13. The third kappa shape index (κ3) is 4.62. The minimum absolute atomic E-state index is 0.0681. The van der Waals surface area contributed by atoms with E-state index in [1.54, 1.807) is 11.3 Å². The smallest absolute Gasteiger partial charge is 0.326 e. The number of hydrogen-bond donors (Lipinski definition) is 2. The van der Waals surface area contributed by atoms with E-state index in [0.717, 1.165) is 9.88 Å². The molecule has 1 atom stereocenters. The molecule has 6 nitrogen and oxygen atoms in total. The average Bonchev–Trinajstić information content (AvgIpc) is 3.13. The molecular weight excluding hydrogens is 324 g/mol. The Hall–Kier alpha value is -1.77. The van der Waals surface area contributed by atoms with Crippen LogP contribution in [-0.4, -0.2) is 41.7 Å². The molecule has 1 unspecified atom stereocenters. The lowest BCUT2D eigenvalue weighted by Crippen LogP contribution is -2.42. The molecule has 1 amide bonds. The summed E-state index contributed by atoms with van der Waals surface area (Å²) in [5.74, 6) is -1.42. The SMILES string of the molecule is COCCC(NC(=O)Cc1csc(-c2cccs2)n1)C(=O)O. The van der Waals surface area contributed by atoms with Crippen molar-refractivity contribution in [3.05, 3.63) is 28.6 Å². The van der Waals surface area contributed by atoms with E-state index in [9.17, 15) is 9.59 Å². The van der Waals surface area contributed by atoms with Gasteiger partial charge < -0.3 is 15.2 Å². The Morgan fingerprint density at radius 3 is 2.91 bits per heavy atom. The fourth-order valence-electron chi connectivity index (χ4n) is 1.80. The fourth-order valence-corrected chi connectivity index (χ4v) is 3.44. The molecule has 0 aliphatic heterocycles. The summed E-state index contributed by atoms with van der Waals surface area (Å²) in [5.41, 5.74) is 0.641. The molecule has 0 radical (unpaired) electrons. The number of nitrogens with one attached hydrogen (secondary N) is 1. The molecule has 0 saturated heterocycles. The molecule has 0 aliphatic carbocycles. The zero-order valence-electron chi connectivity index (χ0n) is 11.9. The Labute approximate surface area is 135 Å². The Bertz CT molecular complexity index is 625. The highest BCUT2D eigenvalue weighted by Crippen LogP contribution is 2.27. The highest BCUT2D eigenvalue weighted by Gasteiger charge is 2.20. The van der Waals surface area contributed by atoms with E-state index in [2.05, 4.69) is 10.3 Å². The number of amides is 1. The second-order valence-corrected chi connectivity index (χ2v) is 6.34. The lowest BCUT2D eigenvalue weighted by molar-refractivity contribution is -0.142. The third-order valence-electron chi connectivity index (χ3n) is 2.87. The van der Waals surface area contributed by atoms with E-state index >= 15 is 0 Å². The van der Waals surface area contributed by atoms with Crippen molar-refractivity contribution in [2.45, 2.75) is 18.9 Å². The Kier molecular flexibility index (Phi) is 6.05. The van der Waals surface area contributed by atoms with Gasteiger partial charge in [0.15, 0.2) is 0 Å². The first kappa shape index (κ1) is 16.6. The maximum Gasteiger partial charge on any atom is 0.326 e. The summed E-state index contributed by atoms with van der Waals surface area (Å²) in [6, 6.07) is 2.97. The summed E-state index contributed by atoms with van der Waals surface area (Å²) >= 11 is 3.06. The van der Waals surface area contributed by atoms with Gasteiger partial charge in [-0.25, -0.2) is 9.78 Å². The number of carbonyl (C=O) groups excluding carboxylic acids is 1. The van der Waals surface area contributed by atoms with Crippen LogP contribution in [0, 0.1) is 0 Å². The van der Waals surface area contributed by atoms with Crippen molar-refractivity contribution in [2.75, 3.05) is 13.7 Å². The number of thiophene rings is 1. The summed E-state index contributed by atoms with van der Waals surface area (Å²) < 4.78 is 4.84. The van der Waals surface area contributed by atoms with E-state index in [-0.39, 0.29) is 25.4 Å². The summed E-state index contributed by atoms with van der Waals surface area (Å²) in [6.07, 6.45) is 0.299. The topological polar surface area (TPSA) is 88.5 Å². The number of aromatic nitrogens is 1. The first-order valence-electron chi connectivity index (χ1n) is 6.59. The van der Waals surface area contributed by atoms with E-state index in [1.165, 1.54) is 18.4 Å². The standard InChI is InChI=1S/C14H16N2O4S2/c1-20-5-4-10(14(18)19)16-12(17)7-9-8-22-13(15-9)11-3-2-6-21-11/h2-3,6,8,10H,4-5,7H2,1H3,(H,16,17)(H,18,19). The van der Waals surface area contributed by atoms with Crippen LogP contribution >= 0.6 is 22.7 Å². The van der Waals surface area contributed by atoms with Crippen molar-refractivity contribution in [1.29, 1.82) is 0 Å². The van der Waals surface area contributed by atoms with Crippen LogP contribution in [0.5, 0.6) is 0 Å². The van der Waals surface area contributed by atoms with Crippen LogP contribution in [0.1, 0.15) is 12.1 Å². The minimum atomic E-state index is -1.07. The number of nitrogens with zero attached hydrogens (tertiary/aromatic N) is 1. The molecule has 0 spiro atoms. The summed E-state index contributed by atoms with van der Waals surface area (Å²) in [7, 11) is 1.49. The lowest BCUT2D eigenvalue weighted by atomic mass is 10.2. The number of carboxylic acid groups (broad SMARTS) is 1. The first-order valence-corrected chi connectivity index (χ1v) is 8.35. The van der Waals surface area contributed by atoms with Gasteiger partial charge in [-0.3, -0.25) is 4.79 Å². The molecule has 2 heterocycles. The number of ether oxygens (including phenoxy) is 1. The van der Waals surface area contributed by atoms with Crippen molar-refractivity contribution in [1.82, 2.24) is 10.3 Å². The van der Waals surface area contributed by atoms with Gasteiger partial charge in [0.05, 0.1) is 17.0 Å². The van der Waals surface area contributed by atoms with E-state index in [4.69, 9.17) is 9.84 Å². The molecule has 2 aromatic heterocycles. The molecule has 118 valence electrons. The van der Waals surface area contributed by atoms with Crippen LogP contribution < -0.4 is 5.32 Å². The molecule has 0 saturated carbocycles. The van der Waals surface area contributed by atoms with Crippen molar-refractivity contribution in [3.63, 3.8) is 0 Å². The Balaban J connectivity index is 1.92. The van der Waals surface area contributed by atoms with Gasteiger partial charge in [0, 0.05) is 25.5 Å². The Morgan fingerprint density at radius 2 is 2.27 bits per heavy atom. The molecule has 2 aromatic rings. The summed E-state index contributed by atoms with van der Waals surface area (Å²) in [5, 5.41) is 16.2. The summed E-state index contributed by atoms with van der Waals surface area (Å²) in [6.45, 7) is 0.274. The van der Waals surface area contributed by atoms with Gasteiger partial charge in [-0.05, 0) is 11.4 Å². The molecule has 0 fully saturated rings. The molecular formula is C14H16N2O4S2. The molecule has 8 heteroatoms. The largest absolute Gasteiger partial charge is 0.480 e. The van der Waals surface area contributed by atoms with Crippen molar-refractivity contribution < 1.29 is 19.4 Å². The number of aliphatic carboxylic acids is 1. The van der Waals surface area contributed by atoms with Gasteiger partial charge in [-0.1, -0.05) is 6.07 Å². The normalized spacial score (nSPS) is 12.0. The second kappa shape index (κ2) is 8.02. The van der Waals surface area contributed by atoms with Gasteiger partial charge in [0.2, 0.25) is 5.91 Å². The highest BCUT2D eigenvalue weighted by atomic mass is 32.1. The zero-order valence-corrected chi connectivity index (χ0v) is 13.6. The van der Waals surface area contributed by atoms with Gasteiger partial charge >= 0.3 is 5.97 Å². The second-order valence-electron chi connectivity index (χ2n) is 4.54. The van der Waals surface area contributed by atoms with E-state index in [1.807, 2.05) is 22.9 Å². The average molecular weight is 340 g/mol. The minimum Gasteiger partial charge on any atom is -0.480 e. The number of carboxylic acids is 1. The van der Waals surface area contributed by atoms with Gasteiger partial charge in [-0.2, -0.15) is 0 Å². The molecule has 0 aliphatic rings. The van der Waals surface area contributed by atoms with Crippen molar-refractivity contribution in [3.8, 4) is 9.88 Å². The van der Waals surface area contributed by atoms with Crippen LogP contribution in [0.25, 0.3) is 9.88 Å². The van der Waals surface area contributed by atoms with Crippen molar-refractivity contribution >= 4 is 34.6 Å². The third-order valence-corrected chi connectivity index (χ3v) is 4.80. The van der Waals surface area contributed by atoms with Crippen molar-refractivity contribution in [2.24, 2.45) is 0 Å². The van der Waals surface area contributed by atoms with E-state index < -0.39 is 12.0 Å².